The molecule has 1 heterocycles. The van der Waals surface area contributed by atoms with E-state index in [2.05, 4.69) is 4.90 Å². The van der Waals surface area contributed by atoms with E-state index in [-0.39, 0.29) is 12.4 Å². The lowest BCUT2D eigenvalue weighted by atomic mass is 9.94. The molecular weight excluding hydrogens is 172 g/mol. The SMILES string of the molecule is Cl.NCCN1CCC2(CC1)CC2. The van der Waals surface area contributed by atoms with Crippen LogP contribution >= 0.6 is 12.4 Å². The lowest BCUT2D eigenvalue weighted by molar-refractivity contribution is 0.177. The molecule has 0 atom stereocenters. The molecule has 0 unspecified atom stereocenters. The van der Waals surface area contributed by atoms with Crippen molar-refractivity contribution in [3.8, 4) is 0 Å². The smallest absolute Gasteiger partial charge is 0.0105 e. The Morgan fingerprint density at radius 1 is 1.08 bits per heavy atom. The molecule has 2 fully saturated rings. The maximum absolute atomic E-state index is 5.50. The van der Waals surface area contributed by atoms with Crippen LogP contribution in [-0.2, 0) is 0 Å². The molecule has 1 spiro atoms. The molecule has 0 aromatic rings. The molecule has 0 amide bonds. The number of likely N-dealkylation sites (tertiary alicyclic amines) is 1. The zero-order valence-electron chi connectivity index (χ0n) is 7.59. The van der Waals surface area contributed by atoms with E-state index in [1.54, 1.807) is 0 Å². The summed E-state index contributed by atoms with van der Waals surface area (Å²) in [7, 11) is 0. The third-order valence-electron chi connectivity index (χ3n) is 3.32. The van der Waals surface area contributed by atoms with Crippen molar-refractivity contribution in [3.63, 3.8) is 0 Å². The maximum atomic E-state index is 5.50. The first-order chi connectivity index (χ1) is 5.35. The molecule has 0 aromatic heterocycles. The highest BCUT2D eigenvalue weighted by molar-refractivity contribution is 5.85. The van der Waals surface area contributed by atoms with Crippen LogP contribution in [0.15, 0.2) is 0 Å². The van der Waals surface area contributed by atoms with Crippen molar-refractivity contribution in [1.82, 2.24) is 4.90 Å². The third-order valence-corrected chi connectivity index (χ3v) is 3.32. The highest BCUT2D eigenvalue weighted by atomic mass is 35.5. The Morgan fingerprint density at radius 3 is 2.08 bits per heavy atom. The summed E-state index contributed by atoms with van der Waals surface area (Å²) in [5.41, 5.74) is 6.33. The van der Waals surface area contributed by atoms with Gasteiger partial charge in [0.2, 0.25) is 0 Å². The summed E-state index contributed by atoms with van der Waals surface area (Å²) < 4.78 is 0. The fourth-order valence-corrected chi connectivity index (χ4v) is 2.11. The van der Waals surface area contributed by atoms with Gasteiger partial charge in [0, 0.05) is 13.1 Å². The average molecular weight is 191 g/mol. The molecule has 3 heteroatoms. The molecule has 1 aliphatic heterocycles. The van der Waals surface area contributed by atoms with Crippen LogP contribution in [0, 0.1) is 5.41 Å². The Kier molecular flexibility index (Phi) is 3.38. The number of halogens is 1. The Hall–Kier alpha value is 0.210. The minimum Gasteiger partial charge on any atom is -0.329 e. The van der Waals surface area contributed by atoms with Gasteiger partial charge in [0.15, 0.2) is 0 Å². The van der Waals surface area contributed by atoms with Crippen LogP contribution < -0.4 is 5.73 Å². The van der Waals surface area contributed by atoms with Gasteiger partial charge in [0.05, 0.1) is 0 Å². The van der Waals surface area contributed by atoms with Crippen LogP contribution in [0.1, 0.15) is 25.7 Å². The largest absolute Gasteiger partial charge is 0.329 e. The summed E-state index contributed by atoms with van der Waals surface area (Å²) in [5.74, 6) is 0. The Morgan fingerprint density at radius 2 is 1.67 bits per heavy atom. The van der Waals surface area contributed by atoms with Gasteiger partial charge < -0.3 is 10.6 Å². The van der Waals surface area contributed by atoms with E-state index >= 15 is 0 Å². The van der Waals surface area contributed by atoms with Crippen LogP contribution in [-0.4, -0.2) is 31.1 Å². The van der Waals surface area contributed by atoms with Crippen LogP contribution in [0.3, 0.4) is 0 Å². The van der Waals surface area contributed by atoms with Crippen molar-refractivity contribution >= 4 is 12.4 Å². The lowest BCUT2D eigenvalue weighted by Crippen LogP contribution is -2.37. The first kappa shape index (κ1) is 10.3. The van der Waals surface area contributed by atoms with Gasteiger partial charge in [-0.15, -0.1) is 12.4 Å². The second-order valence-electron chi connectivity index (χ2n) is 4.13. The monoisotopic (exact) mass is 190 g/mol. The molecule has 12 heavy (non-hydrogen) atoms. The van der Waals surface area contributed by atoms with Gasteiger partial charge in [-0.3, -0.25) is 0 Å². The summed E-state index contributed by atoms with van der Waals surface area (Å²) in [5, 5.41) is 0. The summed E-state index contributed by atoms with van der Waals surface area (Å²) in [6.45, 7) is 4.54. The molecule has 2 rings (SSSR count). The van der Waals surface area contributed by atoms with E-state index in [4.69, 9.17) is 5.73 Å². The molecular formula is C9H19ClN2. The fraction of sp³-hybridized carbons (Fsp3) is 1.00. The topological polar surface area (TPSA) is 29.3 Å². The maximum Gasteiger partial charge on any atom is 0.0105 e. The number of piperidine rings is 1. The number of hydrogen-bond acceptors (Lipinski definition) is 2. The number of hydrogen-bond donors (Lipinski definition) is 1. The minimum atomic E-state index is 0. The van der Waals surface area contributed by atoms with Gasteiger partial charge in [0.1, 0.15) is 0 Å². The molecule has 1 aliphatic carbocycles. The van der Waals surface area contributed by atoms with E-state index in [1.165, 1.54) is 38.8 Å². The van der Waals surface area contributed by atoms with Gasteiger partial charge in [-0.2, -0.15) is 0 Å². The van der Waals surface area contributed by atoms with E-state index in [9.17, 15) is 0 Å². The number of nitrogens with zero attached hydrogens (tertiary/aromatic N) is 1. The van der Waals surface area contributed by atoms with E-state index < -0.39 is 0 Å². The second-order valence-corrected chi connectivity index (χ2v) is 4.13. The third kappa shape index (κ3) is 2.12. The molecule has 1 saturated carbocycles. The highest BCUT2D eigenvalue weighted by Crippen LogP contribution is 2.53. The Balaban J connectivity index is 0.000000720. The molecule has 0 aromatic carbocycles. The van der Waals surface area contributed by atoms with Crippen LogP contribution in [0.4, 0.5) is 0 Å². The lowest BCUT2D eigenvalue weighted by Gasteiger charge is -2.31. The highest BCUT2D eigenvalue weighted by Gasteiger charge is 2.43. The Labute approximate surface area is 80.9 Å². The van der Waals surface area contributed by atoms with Crippen molar-refractivity contribution in [2.24, 2.45) is 11.1 Å². The quantitative estimate of drug-likeness (QED) is 0.710. The van der Waals surface area contributed by atoms with Crippen LogP contribution in [0.25, 0.3) is 0 Å². The van der Waals surface area contributed by atoms with Crippen LogP contribution in [0.5, 0.6) is 0 Å². The van der Waals surface area contributed by atoms with Gasteiger partial charge in [-0.1, -0.05) is 0 Å². The molecule has 2 nitrogen and oxygen atoms in total. The zero-order valence-corrected chi connectivity index (χ0v) is 8.41. The van der Waals surface area contributed by atoms with Crippen molar-refractivity contribution in [2.45, 2.75) is 25.7 Å². The van der Waals surface area contributed by atoms with E-state index in [0.717, 1.165) is 18.5 Å². The minimum absolute atomic E-state index is 0. The van der Waals surface area contributed by atoms with Gasteiger partial charge in [-0.25, -0.2) is 0 Å². The van der Waals surface area contributed by atoms with Crippen molar-refractivity contribution in [2.75, 3.05) is 26.2 Å². The summed E-state index contributed by atoms with van der Waals surface area (Å²) in [6, 6.07) is 0. The molecule has 2 N–H and O–H groups in total. The van der Waals surface area contributed by atoms with Crippen LogP contribution in [0.2, 0.25) is 0 Å². The first-order valence-corrected chi connectivity index (χ1v) is 4.77. The van der Waals surface area contributed by atoms with Crippen molar-refractivity contribution in [3.05, 3.63) is 0 Å². The van der Waals surface area contributed by atoms with Gasteiger partial charge in [0.25, 0.3) is 0 Å². The average Bonchev–Trinajstić information content (AvgIpc) is 2.76. The molecule has 1 saturated heterocycles. The van der Waals surface area contributed by atoms with E-state index in [1.807, 2.05) is 0 Å². The van der Waals surface area contributed by atoms with Gasteiger partial charge in [-0.05, 0) is 44.2 Å². The fourth-order valence-electron chi connectivity index (χ4n) is 2.11. The van der Waals surface area contributed by atoms with Gasteiger partial charge >= 0.3 is 0 Å². The predicted molar refractivity (Wildman–Crippen MR) is 53.6 cm³/mol. The second kappa shape index (κ2) is 3.95. The summed E-state index contributed by atoms with van der Waals surface area (Å²) in [4.78, 5) is 2.50. The molecule has 72 valence electrons. The standard InChI is InChI=1S/C9H18N2.ClH/c10-5-8-11-6-3-9(1-2-9)4-7-11;/h1-8,10H2;1H. The Bertz CT molecular complexity index is 135. The molecule has 2 aliphatic rings. The summed E-state index contributed by atoms with van der Waals surface area (Å²) in [6.07, 6.45) is 5.88. The number of rotatable bonds is 2. The van der Waals surface area contributed by atoms with Crippen molar-refractivity contribution in [1.29, 1.82) is 0 Å². The predicted octanol–water partition coefficient (Wildman–Crippen LogP) is 1.24. The van der Waals surface area contributed by atoms with E-state index in [0.29, 0.717) is 0 Å². The first-order valence-electron chi connectivity index (χ1n) is 4.77. The molecule has 0 radical (unpaired) electrons. The number of nitrogens with two attached hydrogens (primary N) is 1. The zero-order chi connectivity index (χ0) is 7.73. The summed E-state index contributed by atoms with van der Waals surface area (Å²) >= 11 is 0. The molecule has 0 bridgehead atoms. The normalized spacial score (nSPS) is 26.8. The van der Waals surface area contributed by atoms with Crippen molar-refractivity contribution < 1.29 is 0 Å².